The minimum Gasteiger partial charge on any atom is -0.455 e. The summed E-state index contributed by atoms with van der Waals surface area (Å²) < 4.78 is 28.4. The fourth-order valence-corrected chi connectivity index (χ4v) is 4.36. The molecule has 1 fully saturated rings. The maximum Gasteiger partial charge on any atom is 0.152 e. The van der Waals surface area contributed by atoms with Crippen molar-refractivity contribution in [3.8, 4) is 11.3 Å². The average Bonchev–Trinajstić information content (AvgIpc) is 3.06. The largest absolute Gasteiger partial charge is 0.455 e. The maximum absolute atomic E-state index is 11.4. The number of nitrogens with zero attached hydrogens (tertiary/aromatic N) is 1. The lowest BCUT2D eigenvalue weighted by atomic mass is 10.2. The Morgan fingerprint density at radius 3 is 2.77 bits per heavy atom. The van der Waals surface area contributed by atoms with E-state index in [-0.39, 0.29) is 17.5 Å². The molecule has 1 saturated heterocycles. The van der Waals surface area contributed by atoms with Crippen molar-refractivity contribution in [1.29, 1.82) is 0 Å². The first-order chi connectivity index (χ1) is 10.4. The molecular formula is C15H13Cl2NO3S. The van der Waals surface area contributed by atoms with Crippen LogP contribution < -0.4 is 0 Å². The number of aliphatic imine (C=N–C) groups is 1. The Hall–Kier alpha value is -1.30. The molecule has 0 amide bonds. The standard InChI is InChI=1S/C15H13Cl2NO3S/c16-13-3-1-2-12(15(13)17)14-5-4-11(21-14)8-18-10-6-7-22(19,20)9-10/h1-5,8,10H,6-7,9H2/t10-/m0/s1. The van der Waals surface area contributed by atoms with Gasteiger partial charge in [-0.25, -0.2) is 8.42 Å². The van der Waals surface area contributed by atoms with Crippen molar-refractivity contribution in [3.63, 3.8) is 0 Å². The first-order valence-corrected chi connectivity index (χ1v) is 9.30. The van der Waals surface area contributed by atoms with Crippen LogP contribution in [0.2, 0.25) is 10.0 Å². The Bertz CT molecular complexity index is 827. The molecule has 0 bridgehead atoms. The second-order valence-corrected chi connectivity index (χ2v) is 8.15. The van der Waals surface area contributed by atoms with Crippen molar-refractivity contribution in [3.05, 3.63) is 46.1 Å². The van der Waals surface area contributed by atoms with Crippen LogP contribution in [0.3, 0.4) is 0 Å². The summed E-state index contributed by atoms with van der Waals surface area (Å²) >= 11 is 12.1. The third-order valence-electron chi connectivity index (χ3n) is 3.46. The van der Waals surface area contributed by atoms with E-state index in [4.69, 9.17) is 27.6 Å². The molecule has 1 aromatic carbocycles. The summed E-state index contributed by atoms with van der Waals surface area (Å²) in [5.74, 6) is 1.46. The zero-order valence-corrected chi connectivity index (χ0v) is 13.8. The number of benzene rings is 1. The van der Waals surface area contributed by atoms with E-state index < -0.39 is 9.84 Å². The molecule has 116 valence electrons. The summed E-state index contributed by atoms with van der Waals surface area (Å²) in [7, 11) is -2.92. The van der Waals surface area contributed by atoms with Crippen LogP contribution in [0.25, 0.3) is 11.3 Å². The Morgan fingerprint density at radius 2 is 2.05 bits per heavy atom. The van der Waals surface area contributed by atoms with Crippen LogP contribution in [0.4, 0.5) is 0 Å². The van der Waals surface area contributed by atoms with Crippen molar-refractivity contribution in [2.75, 3.05) is 11.5 Å². The van der Waals surface area contributed by atoms with Gasteiger partial charge >= 0.3 is 0 Å². The first kappa shape index (κ1) is 15.6. The molecule has 22 heavy (non-hydrogen) atoms. The predicted molar refractivity (Wildman–Crippen MR) is 88.8 cm³/mol. The summed E-state index contributed by atoms with van der Waals surface area (Å²) in [5.41, 5.74) is 0.706. The van der Waals surface area contributed by atoms with Gasteiger partial charge in [0, 0.05) is 5.56 Å². The third-order valence-corrected chi connectivity index (χ3v) is 6.03. The molecule has 2 aromatic rings. The van der Waals surface area contributed by atoms with Gasteiger partial charge in [-0.3, -0.25) is 4.99 Å². The highest BCUT2D eigenvalue weighted by Crippen LogP contribution is 2.34. The van der Waals surface area contributed by atoms with E-state index in [0.717, 1.165) is 0 Å². The summed E-state index contributed by atoms with van der Waals surface area (Å²) in [6, 6.07) is 8.68. The lowest BCUT2D eigenvalue weighted by Crippen LogP contribution is -2.07. The van der Waals surface area contributed by atoms with Crippen LogP contribution >= 0.6 is 23.2 Å². The van der Waals surface area contributed by atoms with Crippen molar-refractivity contribution >= 4 is 39.3 Å². The summed E-state index contributed by atoms with van der Waals surface area (Å²) in [6.07, 6.45) is 2.12. The Balaban J connectivity index is 1.78. The number of rotatable bonds is 3. The molecule has 7 heteroatoms. The molecule has 0 N–H and O–H groups in total. The maximum atomic E-state index is 11.4. The number of hydrogen-bond donors (Lipinski definition) is 0. The monoisotopic (exact) mass is 357 g/mol. The van der Waals surface area contributed by atoms with Crippen LogP contribution in [0.1, 0.15) is 12.2 Å². The zero-order chi connectivity index (χ0) is 15.7. The van der Waals surface area contributed by atoms with Crippen molar-refractivity contribution in [2.24, 2.45) is 4.99 Å². The van der Waals surface area contributed by atoms with E-state index in [1.807, 2.05) is 6.07 Å². The van der Waals surface area contributed by atoms with E-state index in [1.54, 1.807) is 30.5 Å². The van der Waals surface area contributed by atoms with Crippen molar-refractivity contribution in [2.45, 2.75) is 12.5 Å². The minimum atomic E-state index is -2.92. The highest BCUT2D eigenvalue weighted by Gasteiger charge is 2.26. The molecule has 0 saturated carbocycles. The van der Waals surface area contributed by atoms with Crippen molar-refractivity contribution in [1.82, 2.24) is 0 Å². The number of hydrogen-bond acceptors (Lipinski definition) is 4. The van der Waals surface area contributed by atoms with Crippen LogP contribution in [-0.2, 0) is 9.84 Å². The molecule has 0 aliphatic carbocycles. The van der Waals surface area contributed by atoms with Crippen LogP contribution in [0.5, 0.6) is 0 Å². The second-order valence-electron chi connectivity index (χ2n) is 5.14. The van der Waals surface area contributed by atoms with Gasteiger partial charge in [-0.1, -0.05) is 29.3 Å². The van der Waals surface area contributed by atoms with Gasteiger partial charge in [0.05, 0.1) is 33.8 Å². The second kappa shape index (κ2) is 6.07. The summed E-state index contributed by atoms with van der Waals surface area (Å²) in [4.78, 5) is 4.28. The molecule has 3 rings (SSSR count). The van der Waals surface area contributed by atoms with Gasteiger partial charge in [0.1, 0.15) is 11.5 Å². The topological polar surface area (TPSA) is 59.6 Å². The molecule has 0 unspecified atom stereocenters. The molecule has 1 atom stereocenters. The van der Waals surface area contributed by atoms with Gasteiger partial charge in [0.2, 0.25) is 0 Å². The van der Waals surface area contributed by atoms with Gasteiger partial charge in [-0.05, 0) is 30.7 Å². The Labute approximate surface area is 138 Å². The molecular weight excluding hydrogens is 345 g/mol. The highest BCUT2D eigenvalue weighted by molar-refractivity contribution is 7.91. The molecule has 1 aliphatic heterocycles. The van der Waals surface area contributed by atoms with Gasteiger partial charge < -0.3 is 4.42 Å². The van der Waals surface area contributed by atoms with Gasteiger partial charge in [0.15, 0.2) is 9.84 Å². The molecule has 0 radical (unpaired) electrons. The summed E-state index contributed by atoms with van der Waals surface area (Å²) in [6.45, 7) is 0. The number of sulfone groups is 1. The van der Waals surface area contributed by atoms with E-state index >= 15 is 0 Å². The first-order valence-electron chi connectivity index (χ1n) is 6.72. The molecule has 1 aliphatic rings. The third kappa shape index (κ3) is 3.37. The zero-order valence-electron chi connectivity index (χ0n) is 11.5. The van der Waals surface area contributed by atoms with E-state index in [1.165, 1.54) is 0 Å². The molecule has 1 aromatic heterocycles. The quantitative estimate of drug-likeness (QED) is 0.783. The van der Waals surface area contributed by atoms with Crippen LogP contribution in [-0.4, -0.2) is 32.2 Å². The predicted octanol–water partition coefficient (Wildman–Crippen LogP) is 3.86. The SMILES string of the molecule is O=S1(=O)CC[C@H](N=Cc2ccc(-c3cccc(Cl)c3Cl)o2)C1. The molecule has 0 spiro atoms. The lowest BCUT2D eigenvalue weighted by molar-refractivity contribution is 0.573. The van der Waals surface area contributed by atoms with E-state index in [9.17, 15) is 8.42 Å². The summed E-state index contributed by atoms with van der Waals surface area (Å²) in [5, 5.41) is 0.894. The normalized spacial score (nSPS) is 20.7. The Kier molecular flexibility index (Phi) is 4.30. The van der Waals surface area contributed by atoms with E-state index in [0.29, 0.717) is 33.6 Å². The van der Waals surface area contributed by atoms with Gasteiger partial charge in [-0.2, -0.15) is 0 Å². The molecule has 4 nitrogen and oxygen atoms in total. The van der Waals surface area contributed by atoms with Gasteiger partial charge in [0.25, 0.3) is 0 Å². The van der Waals surface area contributed by atoms with Gasteiger partial charge in [-0.15, -0.1) is 0 Å². The molecule has 2 heterocycles. The fraction of sp³-hybridized carbons (Fsp3) is 0.267. The van der Waals surface area contributed by atoms with Crippen molar-refractivity contribution < 1.29 is 12.8 Å². The fourth-order valence-electron chi connectivity index (χ4n) is 2.33. The van der Waals surface area contributed by atoms with Crippen LogP contribution in [0.15, 0.2) is 39.7 Å². The Morgan fingerprint density at radius 1 is 1.23 bits per heavy atom. The number of halogens is 2. The highest BCUT2D eigenvalue weighted by atomic mass is 35.5. The van der Waals surface area contributed by atoms with Crippen LogP contribution in [0, 0.1) is 0 Å². The smallest absolute Gasteiger partial charge is 0.152 e. The number of furan rings is 1. The lowest BCUT2D eigenvalue weighted by Gasteiger charge is -2.02. The van der Waals surface area contributed by atoms with E-state index in [2.05, 4.69) is 4.99 Å². The minimum absolute atomic E-state index is 0.108. The average molecular weight is 358 g/mol.